The van der Waals surface area contributed by atoms with Crippen molar-refractivity contribution in [2.45, 2.75) is 19.4 Å². The third-order valence-electron chi connectivity index (χ3n) is 2.91. The van der Waals surface area contributed by atoms with Crippen molar-refractivity contribution in [3.8, 4) is 5.88 Å². The first kappa shape index (κ1) is 13.4. The number of aryl methyl sites for hydroxylation is 1. The van der Waals surface area contributed by atoms with E-state index >= 15 is 0 Å². The molecule has 2 aromatic heterocycles. The zero-order valence-corrected chi connectivity index (χ0v) is 11.0. The van der Waals surface area contributed by atoms with Crippen molar-refractivity contribution in [3.63, 3.8) is 0 Å². The number of methoxy groups -OCH3 is 1. The number of nitrogens with two attached hydrogens (primary N) is 1. The van der Waals surface area contributed by atoms with Crippen molar-refractivity contribution in [2.24, 2.45) is 5.84 Å². The summed E-state index contributed by atoms with van der Waals surface area (Å²) in [5, 5.41) is 0. The van der Waals surface area contributed by atoms with Gasteiger partial charge >= 0.3 is 0 Å². The Hall–Kier alpha value is -2.05. The fourth-order valence-corrected chi connectivity index (χ4v) is 1.99. The number of hydrazine groups is 1. The molecule has 0 saturated heterocycles. The maximum atomic E-state index is 5.67. The molecule has 2 heterocycles. The van der Waals surface area contributed by atoms with Gasteiger partial charge in [-0.1, -0.05) is 13.0 Å². The summed E-state index contributed by atoms with van der Waals surface area (Å²) in [5.74, 6) is 6.11. The molecule has 6 nitrogen and oxygen atoms in total. The van der Waals surface area contributed by atoms with Crippen LogP contribution in [0.4, 0.5) is 0 Å². The number of rotatable bonds is 5. The smallest absolute Gasteiger partial charge is 0.237 e. The predicted octanol–water partition coefficient (Wildman–Crippen LogP) is 0.995. The van der Waals surface area contributed by atoms with Crippen LogP contribution in [0.1, 0.15) is 29.9 Å². The standard InChI is InChI=1S/C13H17N5O/c1-3-9-5-4-6-15-10(9)11(18-14)12-13(19-2)17-8-7-16-12/h4-8,11,18H,3,14H2,1-2H3. The molecule has 100 valence electrons. The summed E-state index contributed by atoms with van der Waals surface area (Å²) in [5.41, 5.74) is 5.31. The lowest BCUT2D eigenvalue weighted by molar-refractivity contribution is 0.382. The molecule has 0 saturated carbocycles. The zero-order valence-electron chi connectivity index (χ0n) is 11.0. The Labute approximate surface area is 112 Å². The highest BCUT2D eigenvalue weighted by Crippen LogP contribution is 2.26. The van der Waals surface area contributed by atoms with Gasteiger partial charge in [0.15, 0.2) is 0 Å². The molecule has 0 fully saturated rings. The second-order valence-electron chi connectivity index (χ2n) is 3.95. The Morgan fingerprint density at radius 2 is 1.95 bits per heavy atom. The largest absolute Gasteiger partial charge is 0.480 e. The molecule has 3 N–H and O–H groups in total. The van der Waals surface area contributed by atoms with Gasteiger partial charge in [-0.3, -0.25) is 15.8 Å². The Kier molecular flexibility index (Phi) is 4.38. The molecule has 1 atom stereocenters. The molecular formula is C13H17N5O. The molecule has 0 aliphatic heterocycles. The van der Waals surface area contributed by atoms with Crippen molar-refractivity contribution in [1.82, 2.24) is 20.4 Å². The first-order valence-corrected chi connectivity index (χ1v) is 6.06. The Balaban J connectivity index is 2.50. The van der Waals surface area contributed by atoms with Gasteiger partial charge in [-0.15, -0.1) is 0 Å². The quantitative estimate of drug-likeness (QED) is 0.615. The van der Waals surface area contributed by atoms with Crippen LogP contribution in [0.3, 0.4) is 0 Å². The van der Waals surface area contributed by atoms with E-state index in [-0.39, 0.29) is 6.04 Å². The summed E-state index contributed by atoms with van der Waals surface area (Å²) >= 11 is 0. The molecule has 0 aliphatic carbocycles. The number of pyridine rings is 1. The number of aromatic nitrogens is 3. The number of nitrogens with one attached hydrogen (secondary N) is 1. The molecule has 2 aromatic rings. The molecule has 0 radical (unpaired) electrons. The summed E-state index contributed by atoms with van der Waals surface area (Å²) in [4.78, 5) is 12.8. The van der Waals surface area contributed by atoms with E-state index in [9.17, 15) is 0 Å². The molecule has 0 amide bonds. The van der Waals surface area contributed by atoms with E-state index in [1.54, 1.807) is 25.7 Å². The molecule has 0 bridgehead atoms. The van der Waals surface area contributed by atoms with Gasteiger partial charge in [0.2, 0.25) is 5.88 Å². The summed E-state index contributed by atoms with van der Waals surface area (Å²) in [6.07, 6.45) is 5.79. The molecule has 1 unspecified atom stereocenters. The van der Waals surface area contributed by atoms with E-state index < -0.39 is 0 Å². The summed E-state index contributed by atoms with van der Waals surface area (Å²) < 4.78 is 5.23. The number of nitrogens with zero attached hydrogens (tertiary/aromatic N) is 3. The highest BCUT2D eigenvalue weighted by Gasteiger charge is 2.22. The van der Waals surface area contributed by atoms with E-state index in [1.165, 1.54) is 0 Å². The van der Waals surface area contributed by atoms with Gasteiger partial charge in [-0.2, -0.15) is 0 Å². The average molecular weight is 259 g/mol. The van der Waals surface area contributed by atoms with Crippen molar-refractivity contribution < 1.29 is 4.74 Å². The van der Waals surface area contributed by atoms with E-state index in [2.05, 4.69) is 27.3 Å². The molecule has 2 rings (SSSR count). The zero-order chi connectivity index (χ0) is 13.7. The number of hydrogen-bond donors (Lipinski definition) is 2. The normalized spacial score (nSPS) is 12.2. The number of ether oxygens (including phenoxy) is 1. The van der Waals surface area contributed by atoms with Gasteiger partial charge in [0.25, 0.3) is 0 Å². The van der Waals surface area contributed by atoms with Gasteiger partial charge in [-0.05, 0) is 18.1 Å². The molecule has 6 heteroatoms. The highest BCUT2D eigenvalue weighted by molar-refractivity contribution is 5.33. The topological polar surface area (TPSA) is 86.0 Å². The average Bonchev–Trinajstić information content (AvgIpc) is 2.49. The van der Waals surface area contributed by atoms with Crippen LogP contribution in [0.5, 0.6) is 5.88 Å². The molecule has 19 heavy (non-hydrogen) atoms. The third kappa shape index (κ3) is 2.69. The maximum Gasteiger partial charge on any atom is 0.237 e. The van der Waals surface area contributed by atoms with Crippen molar-refractivity contribution in [1.29, 1.82) is 0 Å². The minimum absolute atomic E-state index is 0.347. The lowest BCUT2D eigenvalue weighted by Gasteiger charge is -2.18. The Morgan fingerprint density at radius 1 is 1.21 bits per heavy atom. The maximum absolute atomic E-state index is 5.67. The van der Waals surface area contributed by atoms with Gasteiger partial charge in [0.05, 0.1) is 12.8 Å². The Morgan fingerprint density at radius 3 is 2.63 bits per heavy atom. The van der Waals surface area contributed by atoms with Crippen LogP contribution in [-0.4, -0.2) is 22.1 Å². The van der Waals surface area contributed by atoms with Crippen molar-refractivity contribution in [3.05, 3.63) is 47.7 Å². The van der Waals surface area contributed by atoms with Crippen LogP contribution in [0, 0.1) is 0 Å². The van der Waals surface area contributed by atoms with E-state index in [1.807, 2.05) is 12.1 Å². The predicted molar refractivity (Wildman–Crippen MR) is 71.4 cm³/mol. The molecule has 0 aromatic carbocycles. The summed E-state index contributed by atoms with van der Waals surface area (Å²) in [6, 6.07) is 3.58. The molecule has 0 aliphatic rings. The molecule has 0 spiro atoms. The van der Waals surface area contributed by atoms with E-state index in [0.29, 0.717) is 11.6 Å². The summed E-state index contributed by atoms with van der Waals surface area (Å²) in [7, 11) is 1.56. The summed E-state index contributed by atoms with van der Waals surface area (Å²) in [6.45, 7) is 2.07. The molecular weight excluding hydrogens is 242 g/mol. The van der Waals surface area contributed by atoms with E-state index in [4.69, 9.17) is 10.6 Å². The van der Waals surface area contributed by atoms with E-state index in [0.717, 1.165) is 17.7 Å². The van der Waals surface area contributed by atoms with Crippen LogP contribution in [0.15, 0.2) is 30.7 Å². The fraction of sp³-hybridized carbons (Fsp3) is 0.308. The van der Waals surface area contributed by atoms with Crippen LogP contribution < -0.4 is 16.0 Å². The number of hydrogen-bond acceptors (Lipinski definition) is 6. The SMILES string of the molecule is CCc1cccnc1C(NN)c1nccnc1OC. The minimum atomic E-state index is -0.347. The second kappa shape index (κ2) is 6.21. The fourth-order valence-electron chi connectivity index (χ4n) is 1.99. The van der Waals surface area contributed by atoms with Gasteiger partial charge in [0.1, 0.15) is 11.7 Å². The highest BCUT2D eigenvalue weighted by atomic mass is 16.5. The minimum Gasteiger partial charge on any atom is -0.480 e. The van der Waals surface area contributed by atoms with Crippen LogP contribution in [0.25, 0.3) is 0 Å². The Bertz CT molecular complexity index is 499. The first-order chi connectivity index (χ1) is 9.31. The van der Waals surface area contributed by atoms with Gasteiger partial charge < -0.3 is 4.74 Å². The van der Waals surface area contributed by atoms with Gasteiger partial charge in [0, 0.05) is 18.6 Å². The van der Waals surface area contributed by atoms with Crippen LogP contribution >= 0.6 is 0 Å². The van der Waals surface area contributed by atoms with Crippen molar-refractivity contribution >= 4 is 0 Å². The third-order valence-corrected chi connectivity index (χ3v) is 2.91. The lowest BCUT2D eigenvalue weighted by Crippen LogP contribution is -2.31. The monoisotopic (exact) mass is 259 g/mol. The lowest BCUT2D eigenvalue weighted by atomic mass is 10.0. The van der Waals surface area contributed by atoms with Crippen molar-refractivity contribution in [2.75, 3.05) is 7.11 Å². The van der Waals surface area contributed by atoms with Gasteiger partial charge in [-0.25, -0.2) is 10.4 Å². The van der Waals surface area contributed by atoms with Crippen LogP contribution in [-0.2, 0) is 6.42 Å². The first-order valence-electron chi connectivity index (χ1n) is 6.06. The second-order valence-corrected chi connectivity index (χ2v) is 3.95. The van der Waals surface area contributed by atoms with Crippen LogP contribution in [0.2, 0.25) is 0 Å².